The molecule has 2 aliphatic rings. The van der Waals surface area contributed by atoms with Gasteiger partial charge >= 0.3 is 5.97 Å². The summed E-state index contributed by atoms with van der Waals surface area (Å²) in [4.78, 5) is 42.3. The first-order chi connectivity index (χ1) is 19.8. The summed E-state index contributed by atoms with van der Waals surface area (Å²) in [6.07, 6.45) is 1.44. The largest absolute Gasteiger partial charge is 0.497 e. The van der Waals surface area contributed by atoms with Gasteiger partial charge in [-0.15, -0.1) is 0 Å². The van der Waals surface area contributed by atoms with Crippen molar-refractivity contribution in [3.8, 4) is 34.5 Å². The molecule has 6 rings (SSSR count). The molecule has 2 aliphatic heterocycles. The second kappa shape index (κ2) is 10.1. The van der Waals surface area contributed by atoms with E-state index in [1.807, 2.05) is 0 Å². The highest BCUT2D eigenvalue weighted by Gasteiger charge is 2.39. The molecule has 1 atom stereocenters. The van der Waals surface area contributed by atoms with E-state index in [0.29, 0.717) is 45.2 Å². The van der Waals surface area contributed by atoms with E-state index >= 15 is 0 Å². The number of aromatic nitrogens is 1. The minimum Gasteiger partial charge on any atom is -0.497 e. The van der Waals surface area contributed by atoms with Crippen LogP contribution >= 0.6 is 0 Å². The Labute approximate surface area is 234 Å². The number of benzene rings is 3. The minimum absolute atomic E-state index is 0.0340. The molecular formula is C31H25NO9. The van der Waals surface area contributed by atoms with Crippen LogP contribution in [-0.4, -0.2) is 45.2 Å². The molecule has 0 unspecified atom stereocenters. The summed E-state index contributed by atoms with van der Waals surface area (Å²) in [6, 6.07) is 13.4. The van der Waals surface area contributed by atoms with Crippen LogP contribution in [0.5, 0.6) is 34.5 Å². The van der Waals surface area contributed by atoms with Crippen LogP contribution in [0.4, 0.5) is 0 Å². The highest BCUT2D eigenvalue weighted by molar-refractivity contribution is 6.15. The van der Waals surface area contributed by atoms with Gasteiger partial charge in [0, 0.05) is 39.6 Å². The molecular weight excluding hydrogens is 530 g/mol. The molecule has 208 valence electrons. The number of carbonyl (C=O) groups is 2. The van der Waals surface area contributed by atoms with E-state index < -0.39 is 11.9 Å². The van der Waals surface area contributed by atoms with E-state index in [1.54, 1.807) is 61.7 Å². The average molecular weight is 556 g/mol. The zero-order valence-corrected chi connectivity index (χ0v) is 22.7. The third-order valence-corrected chi connectivity index (χ3v) is 7.26. The van der Waals surface area contributed by atoms with Crippen LogP contribution in [0.3, 0.4) is 0 Å². The van der Waals surface area contributed by atoms with Crippen LogP contribution in [0.1, 0.15) is 39.4 Å². The first kappa shape index (κ1) is 26.0. The Hall–Kier alpha value is -5.25. The highest BCUT2D eigenvalue weighted by atomic mass is 16.5. The lowest BCUT2D eigenvalue weighted by molar-refractivity contribution is -0.135. The molecule has 3 heterocycles. The number of fused-ring (bicyclic) bond motifs is 4. The smallest absolute Gasteiger partial charge is 0.312 e. The second-order valence-electron chi connectivity index (χ2n) is 9.48. The molecule has 0 radical (unpaired) electrons. The van der Waals surface area contributed by atoms with Gasteiger partial charge in [-0.3, -0.25) is 14.4 Å². The quantitative estimate of drug-likeness (QED) is 0.206. The maximum absolute atomic E-state index is 13.5. The Kier molecular flexibility index (Phi) is 6.37. The lowest BCUT2D eigenvalue weighted by Crippen LogP contribution is -2.26. The molecule has 3 aromatic carbocycles. The van der Waals surface area contributed by atoms with Crippen LogP contribution in [0.25, 0.3) is 17.0 Å². The predicted molar refractivity (Wildman–Crippen MR) is 149 cm³/mol. The molecule has 0 spiro atoms. The maximum Gasteiger partial charge on any atom is 0.312 e. The number of allylic oxidation sites excluding steroid dienone is 1. The van der Waals surface area contributed by atoms with E-state index in [0.717, 1.165) is 5.39 Å². The summed E-state index contributed by atoms with van der Waals surface area (Å²) in [5.41, 5.74) is 1.87. The van der Waals surface area contributed by atoms with Crippen LogP contribution < -0.4 is 34.0 Å². The molecule has 1 aromatic heterocycles. The summed E-state index contributed by atoms with van der Waals surface area (Å²) in [6.45, 7) is 0. The molecule has 4 aromatic rings. The van der Waals surface area contributed by atoms with Crippen molar-refractivity contribution in [3.05, 3.63) is 86.9 Å². The topological polar surface area (TPSA) is 122 Å². The van der Waals surface area contributed by atoms with Gasteiger partial charge in [0.15, 0.2) is 17.3 Å². The van der Waals surface area contributed by atoms with Gasteiger partial charge in [-0.25, -0.2) is 0 Å². The van der Waals surface area contributed by atoms with E-state index in [4.69, 9.17) is 28.4 Å². The minimum atomic E-state index is -0.719. The van der Waals surface area contributed by atoms with Gasteiger partial charge in [0.1, 0.15) is 23.0 Å². The summed E-state index contributed by atoms with van der Waals surface area (Å²) in [5.74, 6) is 0.882. The maximum atomic E-state index is 13.5. The fourth-order valence-corrected chi connectivity index (χ4v) is 5.27. The first-order valence-electron chi connectivity index (χ1n) is 12.7. The summed E-state index contributed by atoms with van der Waals surface area (Å²) >= 11 is 0. The molecule has 0 saturated carbocycles. The fraction of sp³-hybridized carbons (Fsp3) is 0.194. The predicted octanol–water partition coefficient (Wildman–Crippen LogP) is 4.62. The third kappa shape index (κ3) is 4.33. The van der Waals surface area contributed by atoms with Crippen LogP contribution in [0, 0.1) is 0 Å². The zero-order chi connectivity index (χ0) is 28.8. The summed E-state index contributed by atoms with van der Waals surface area (Å²) < 4.78 is 33.3. The number of Topliss-reactive ketones (excluding diaryl/α,β-unsaturated/α-hetero) is 1. The van der Waals surface area contributed by atoms with Crippen molar-refractivity contribution >= 4 is 28.7 Å². The van der Waals surface area contributed by atoms with Crippen molar-refractivity contribution in [2.45, 2.75) is 12.3 Å². The number of carbonyl (C=O) groups excluding carboxylic acids is 2. The van der Waals surface area contributed by atoms with Gasteiger partial charge in [0.05, 0.1) is 40.4 Å². The summed E-state index contributed by atoms with van der Waals surface area (Å²) in [7, 11) is 6.08. The van der Waals surface area contributed by atoms with E-state index in [2.05, 4.69) is 4.98 Å². The van der Waals surface area contributed by atoms with Crippen molar-refractivity contribution < 1.29 is 38.0 Å². The third-order valence-electron chi connectivity index (χ3n) is 7.26. The Morgan fingerprint density at radius 2 is 1.59 bits per heavy atom. The van der Waals surface area contributed by atoms with Gasteiger partial charge in [0.25, 0.3) is 5.56 Å². The lowest BCUT2D eigenvalue weighted by Gasteiger charge is -2.26. The van der Waals surface area contributed by atoms with Crippen molar-refractivity contribution in [2.75, 3.05) is 28.4 Å². The fourth-order valence-electron chi connectivity index (χ4n) is 5.27. The highest BCUT2D eigenvalue weighted by Crippen LogP contribution is 2.49. The SMILES string of the molecule is COc1ccc2[nH]c(=O)c([C@@H]3CC(=O)Oc4ccc5c(c43)O/C(=C\c3cc(OC)c(OC)cc3OC)C5=O)cc2c1. The van der Waals surface area contributed by atoms with Crippen molar-refractivity contribution in [1.82, 2.24) is 4.98 Å². The molecule has 0 aliphatic carbocycles. The normalized spacial score (nSPS) is 16.6. The zero-order valence-electron chi connectivity index (χ0n) is 22.7. The van der Waals surface area contributed by atoms with E-state index in [9.17, 15) is 14.4 Å². The molecule has 0 amide bonds. The molecule has 0 bridgehead atoms. The molecule has 1 N–H and O–H groups in total. The standard InChI is InChI=1S/C31H25NO9/c1-36-17-5-7-21-15(9-17)10-20(31(35)32-21)19-13-27(33)40-22-8-6-18-29(34)26(41-30(18)28(19)22)12-16-11-24(38-3)25(39-4)14-23(16)37-2/h5-12,14,19H,13H2,1-4H3,(H,32,35)/b26-12-/t19-/m0/s1. The van der Waals surface area contributed by atoms with Gasteiger partial charge in [-0.2, -0.15) is 0 Å². The van der Waals surface area contributed by atoms with Crippen LogP contribution in [0.15, 0.2) is 59.1 Å². The number of methoxy groups -OCH3 is 4. The van der Waals surface area contributed by atoms with Gasteiger partial charge in [-0.05, 0) is 48.5 Å². The Morgan fingerprint density at radius 1 is 0.829 bits per heavy atom. The molecule has 10 heteroatoms. The second-order valence-corrected chi connectivity index (χ2v) is 9.48. The van der Waals surface area contributed by atoms with Gasteiger partial charge in [0.2, 0.25) is 5.78 Å². The van der Waals surface area contributed by atoms with Crippen molar-refractivity contribution in [3.63, 3.8) is 0 Å². The number of ether oxygens (including phenoxy) is 6. The lowest BCUT2D eigenvalue weighted by atomic mass is 9.85. The van der Waals surface area contributed by atoms with Crippen molar-refractivity contribution in [2.24, 2.45) is 0 Å². The average Bonchev–Trinajstić information content (AvgIpc) is 3.30. The number of hydrogen-bond acceptors (Lipinski definition) is 9. The van der Waals surface area contributed by atoms with Crippen LogP contribution in [0.2, 0.25) is 0 Å². The Bertz CT molecular complexity index is 1840. The number of pyridine rings is 1. The summed E-state index contributed by atoms with van der Waals surface area (Å²) in [5, 5.41) is 0.727. The molecule has 10 nitrogen and oxygen atoms in total. The number of hydrogen-bond donors (Lipinski definition) is 1. The molecule has 0 fully saturated rings. The monoisotopic (exact) mass is 555 g/mol. The van der Waals surface area contributed by atoms with Crippen LogP contribution in [-0.2, 0) is 4.79 Å². The number of H-pyrrole nitrogens is 1. The van der Waals surface area contributed by atoms with Gasteiger partial charge < -0.3 is 33.4 Å². The number of esters is 1. The van der Waals surface area contributed by atoms with E-state index in [-0.39, 0.29) is 40.6 Å². The first-order valence-corrected chi connectivity index (χ1v) is 12.7. The van der Waals surface area contributed by atoms with E-state index in [1.165, 1.54) is 21.3 Å². The Balaban J connectivity index is 1.48. The Morgan fingerprint density at radius 3 is 2.32 bits per heavy atom. The van der Waals surface area contributed by atoms with Crippen molar-refractivity contribution in [1.29, 1.82) is 0 Å². The number of aromatic amines is 1. The number of nitrogens with one attached hydrogen (secondary N) is 1. The molecule has 0 saturated heterocycles. The number of rotatable bonds is 6. The number of ketones is 1. The molecule has 41 heavy (non-hydrogen) atoms. The van der Waals surface area contributed by atoms with Gasteiger partial charge in [-0.1, -0.05) is 0 Å².